The molecule has 1 aromatic carbocycles. The third-order valence-electron chi connectivity index (χ3n) is 2.96. The van der Waals surface area contributed by atoms with Crippen molar-refractivity contribution in [3.63, 3.8) is 0 Å². The number of rotatable bonds is 2. The van der Waals surface area contributed by atoms with E-state index < -0.39 is 0 Å². The van der Waals surface area contributed by atoms with Crippen molar-refractivity contribution in [2.45, 2.75) is 26.0 Å². The molecule has 0 bridgehead atoms. The lowest BCUT2D eigenvalue weighted by atomic mass is 10.0. The van der Waals surface area contributed by atoms with E-state index in [0.717, 1.165) is 13.1 Å². The molecule has 1 aliphatic heterocycles. The van der Waals surface area contributed by atoms with E-state index in [-0.39, 0.29) is 6.10 Å². The van der Waals surface area contributed by atoms with Crippen molar-refractivity contribution in [3.05, 3.63) is 35.4 Å². The summed E-state index contributed by atoms with van der Waals surface area (Å²) in [5.74, 6) is 0. The fourth-order valence-electron chi connectivity index (χ4n) is 1.94. The van der Waals surface area contributed by atoms with Gasteiger partial charge in [0.25, 0.3) is 0 Å². The topological polar surface area (TPSA) is 23.5 Å². The van der Waals surface area contributed by atoms with Gasteiger partial charge in [0.15, 0.2) is 0 Å². The molecule has 1 fully saturated rings. The number of aliphatic hydroxyl groups is 1. The van der Waals surface area contributed by atoms with Crippen molar-refractivity contribution in [1.82, 2.24) is 4.90 Å². The molecule has 1 aliphatic rings. The summed E-state index contributed by atoms with van der Waals surface area (Å²) in [4.78, 5) is 2.29. The predicted octanol–water partition coefficient (Wildman–Crippen LogP) is 1.73. The van der Waals surface area contributed by atoms with E-state index in [4.69, 9.17) is 0 Å². The molecular weight excluding hydrogens is 174 g/mol. The number of aryl methyl sites for hydroxylation is 1. The Labute approximate surface area is 85.2 Å². The first kappa shape index (κ1) is 9.69. The maximum Gasteiger partial charge on any atom is 0.0794 e. The number of likely N-dealkylation sites (tertiary alicyclic amines) is 1. The molecule has 0 unspecified atom stereocenters. The van der Waals surface area contributed by atoms with Gasteiger partial charge < -0.3 is 5.11 Å². The van der Waals surface area contributed by atoms with Crippen LogP contribution in [0.1, 0.15) is 24.1 Å². The normalized spacial score (nSPS) is 20.5. The monoisotopic (exact) mass is 191 g/mol. The number of β-amino-alcohol motifs (C(OH)–C–C–N with tert-alkyl or cyclic N) is 1. The maximum absolute atomic E-state index is 9.23. The fourth-order valence-corrected chi connectivity index (χ4v) is 1.94. The zero-order valence-electron chi connectivity index (χ0n) is 8.77. The van der Waals surface area contributed by atoms with Crippen molar-refractivity contribution in [2.75, 3.05) is 13.1 Å². The summed E-state index contributed by atoms with van der Waals surface area (Å²) >= 11 is 0. The quantitative estimate of drug-likeness (QED) is 0.769. The third kappa shape index (κ3) is 1.81. The number of nitrogens with zero attached hydrogens (tertiary/aromatic N) is 1. The van der Waals surface area contributed by atoms with Crippen molar-refractivity contribution in [2.24, 2.45) is 0 Å². The minimum atomic E-state index is -0.109. The Morgan fingerprint density at radius 3 is 2.71 bits per heavy atom. The summed E-state index contributed by atoms with van der Waals surface area (Å²) in [7, 11) is 0. The second-order valence-electron chi connectivity index (χ2n) is 4.20. The van der Waals surface area contributed by atoms with Crippen molar-refractivity contribution in [3.8, 4) is 0 Å². The van der Waals surface area contributed by atoms with Crippen LogP contribution >= 0.6 is 0 Å². The number of aliphatic hydroxyl groups excluding tert-OH is 1. The molecule has 1 heterocycles. The van der Waals surface area contributed by atoms with Crippen LogP contribution in [-0.2, 0) is 0 Å². The van der Waals surface area contributed by atoms with E-state index in [1.54, 1.807) is 0 Å². The van der Waals surface area contributed by atoms with Crippen molar-refractivity contribution < 1.29 is 5.11 Å². The second kappa shape index (κ2) is 3.71. The van der Waals surface area contributed by atoms with Gasteiger partial charge in [-0.15, -0.1) is 0 Å². The predicted molar refractivity (Wildman–Crippen MR) is 57.2 cm³/mol. The summed E-state index contributed by atoms with van der Waals surface area (Å²) < 4.78 is 0. The molecule has 0 saturated carbocycles. The first-order chi connectivity index (χ1) is 6.66. The highest BCUT2D eigenvalue weighted by molar-refractivity contribution is 5.25. The molecular formula is C12H17NO. The van der Waals surface area contributed by atoms with E-state index >= 15 is 0 Å². The molecule has 0 aromatic heterocycles. The Balaban J connectivity index is 2.07. The molecule has 1 atom stereocenters. The van der Waals surface area contributed by atoms with Gasteiger partial charge in [-0.25, -0.2) is 0 Å². The highest BCUT2D eigenvalue weighted by atomic mass is 16.3. The highest BCUT2D eigenvalue weighted by Gasteiger charge is 2.28. The van der Waals surface area contributed by atoms with Gasteiger partial charge in [-0.1, -0.05) is 29.8 Å². The molecule has 76 valence electrons. The van der Waals surface area contributed by atoms with Gasteiger partial charge in [-0.05, 0) is 19.4 Å². The van der Waals surface area contributed by atoms with Gasteiger partial charge in [-0.2, -0.15) is 0 Å². The van der Waals surface area contributed by atoms with Crippen molar-refractivity contribution >= 4 is 0 Å². The molecule has 14 heavy (non-hydrogen) atoms. The van der Waals surface area contributed by atoms with E-state index in [1.165, 1.54) is 11.1 Å². The van der Waals surface area contributed by atoms with Crippen LogP contribution in [0.25, 0.3) is 0 Å². The van der Waals surface area contributed by atoms with Crippen LogP contribution < -0.4 is 0 Å². The van der Waals surface area contributed by atoms with E-state index in [1.807, 2.05) is 0 Å². The smallest absolute Gasteiger partial charge is 0.0794 e. The lowest BCUT2D eigenvalue weighted by molar-refractivity contribution is -0.0211. The van der Waals surface area contributed by atoms with Crippen LogP contribution in [0.5, 0.6) is 0 Å². The first-order valence-electron chi connectivity index (χ1n) is 5.15. The molecule has 0 aliphatic carbocycles. The Kier molecular flexibility index (Phi) is 2.57. The Morgan fingerprint density at radius 2 is 2.14 bits per heavy atom. The van der Waals surface area contributed by atoms with Gasteiger partial charge in [0, 0.05) is 19.1 Å². The molecule has 1 N–H and O–H groups in total. The largest absolute Gasteiger partial charge is 0.390 e. The second-order valence-corrected chi connectivity index (χ2v) is 4.20. The Morgan fingerprint density at radius 1 is 1.43 bits per heavy atom. The summed E-state index contributed by atoms with van der Waals surface area (Å²) in [6.07, 6.45) is -0.109. The summed E-state index contributed by atoms with van der Waals surface area (Å²) in [6.45, 7) is 5.94. The summed E-state index contributed by atoms with van der Waals surface area (Å²) in [6, 6.07) is 9.01. The molecule has 1 aromatic rings. The minimum absolute atomic E-state index is 0.109. The molecule has 0 radical (unpaired) electrons. The van der Waals surface area contributed by atoms with E-state index in [0.29, 0.717) is 6.04 Å². The SMILES string of the molecule is Cc1cccc([C@@H](C)N2CC(O)C2)c1. The van der Waals surface area contributed by atoms with Gasteiger partial charge in [-0.3, -0.25) is 4.90 Å². The van der Waals surface area contributed by atoms with Gasteiger partial charge in [0.05, 0.1) is 6.10 Å². The maximum atomic E-state index is 9.23. The minimum Gasteiger partial charge on any atom is -0.390 e. The molecule has 2 nitrogen and oxygen atoms in total. The van der Waals surface area contributed by atoms with Crippen LogP contribution in [0.3, 0.4) is 0 Å². The number of hydrogen-bond donors (Lipinski definition) is 1. The van der Waals surface area contributed by atoms with Gasteiger partial charge in [0.1, 0.15) is 0 Å². The van der Waals surface area contributed by atoms with Crippen LogP contribution in [-0.4, -0.2) is 29.2 Å². The highest BCUT2D eigenvalue weighted by Crippen LogP contribution is 2.25. The van der Waals surface area contributed by atoms with Crippen LogP contribution in [0, 0.1) is 6.92 Å². The van der Waals surface area contributed by atoms with Crippen molar-refractivity contribution in [1.29, 1.82) is 0 Å². The Bertz CT molecular complexity index is 318. The average molecular weight is 191 g/mol. The standard InChI is InChI=1S/C12H17NO/c1-9-4-3-5-11(6-9)10(2)13-7-12(14)8-13/h3-6,10,12,14H,7-8H2,1-2H3/t10-/m1/s1. The lowest BCUT2D eigenvalue weighted by Gasteiger charge is -2.40. The van der Waals surface area contributed by atoms with Gasteiger partial charge >= 0.3 is 0 Å². The molecule has 0 amide bonds. The number of hydrogen-bond acceptors (Lipinski definition) is 2. The number of benzene rings is 1. The molecule has 0 spiro atoms. The zero-order valence-corrected chi connectivity index (χ0v) is 8.77. The van der Waals surface area contributed by atoms with E-state index in [9.17, 15) is 5.11 Å². The fraction of sp³-hybridized carbons (Fsp3) is 0.500. The average Bonchev–Trinajstić information content (AvgIpc) is 2.12. The molecule has 1 saturated heterocycles. The van der Waals surface area contributed by atoms with E-state index in [2.05, 4.69) is 43.0 Å². The molecule has 2 heteroatoms. The Hall–Kier alpha value is -0.860. The summed E-state index contributed by atoms with van der Waals surface area (Å²) in [5.41, 5.74) is 2.65. The summed E-state index contributed by atoms with van der Waals surface area (Å²) in [5, 5.41) is 9.23. The lowest BCUT2D eigenvalue weighted by Crippen LogP contribution is -2.51. The molecule has 2 rings (SSSR count). The van der Waals surface area contributed by atoms with Crippen LogP contribution in [0.4, 0.5) is 0 Å². The van der Waals surface area contributed by atoms with Gasteiger partial charge in [0.2, 0.25) is 0 Å². The zero-order chi connectivity index (χ0) is 10.1. The first-order valence-corrected chi connectivity index (χ1v) is 5.15. The third-order valence-corrected chi connectivity index (χ3v) is 2.96. The van der Waals surface area contributed by atoms with Crippen LogP contribution in [0.2, 0.25) is 0 Å². The van der Waals surface area contributed by atoms with Crippen LogP contribution in [0.15, 0.2) is 24.3 Å².